The number of carbonyl (C=O) groups excluding carboxylic acids is 2. The number of halogens is 1. The summed E-state index contributed by atoms with van der Waals surface area (Å²) in [6.07, 6.45) is 3.30. The van der Waals surface area contributed by atoms with Gasteiger partial charge in [-0.1, -0.05) is 17.7 Å². The van der Waals surface area contributed by atoms with Crippen LogP contribution in [0, 0.1) is 12.8 Å². The molecule has 0 aliphatic carbocycles. The third-order valence-corrected chi connectivity index (χ3v) is 5.50. The lowest BCUT2D eigenvalue weighted by atomic mass is 9.95. The fourth-order valence-electron chi connectivity index (χ4n) is 3.45. The minimum absolute atomic E-state index is 0.0572. The van der Waals surface area contributed by atoms with Gasteiger partial charge in [0.1, 0.15) is 5.82 Å². The summed E-state index contributed by atoms with van der Waals surface area (Å²) in [6.45, 7) is 8.07. The van der Waals surface area contributed by atoms with Gasteiger partial charge in [-0.15, -0.1) is 0 Å². The highest BCUT2D eigenvalue weighted by Crippen LogP contribution is 2.25. The topological polar surface area (TPSA) is 74.3 Å². The highest BCUT2D eigenvalue weighted by Gasteiger charge is 2.27. The van der Waals surface area contributed by atoms with Crippen molar-refractivity contribution in [2.24, 2.45) is 5.92 Å². The Balaban J connectivity index is 1.70. The molecule has 2 heterocycles. The third kappa shape index (κ3) is 5.55. The second-order valence-electron chi connectivity index (χ2n) is 7.76. The Morgan fingerprint density at radius 2 is 1.86 bits per heavy atom. The summed E-state index contributed by atoms with van der Waals surface area (Å²) in [7, 11) is 0. The molecule has 1 aromatic carbocycles. The van der Waals surface area contributed by atoms with Crippen molar-refractivity contribution in [3.05, 3.63) is 52.7 Å². The highest BCUT2D eigenvalue weighted by atomic mass is 35.5. The number of amides is 2. The van der Waals surface area contributed by atoms with Crippen LogP contribution in [0.4, 0.5) is 11.5 Å². The Kier molecular flexibility index (Phi) is 6.87. The number of hydrogen-bond donors (Lipinski definition) is 2. The number of anilines is 2. The van der Waals surface area contributed by atoms with Gasteiger partial charge in [0.25, 0.3) is 5.91 Å². The minimum Gasteiger partial charge on any atom is -0.325 e. The van der Waals surface area contributed by atoms with Crippen LogP contribution in [0.2, 0.25) is 5.02 Å². The van der Waals surface area contributed by atoms with Gasteiger partial charge in [0.2, 0.25) is 5.91 Å². The molecule has 0 bridgehead atoms. The molecular weight excluding hydrogens is 388 g/mol. The summed E-state index contributed by atoms with van der Waals surface area (Å²) in [5, 5.41) is 6.11. The van der Waals surface area contributed by atoms with E-state index in [4.69, 9.17) is 11.6 Å². The average molecular weight is 415 g/mol. The highest BCUT2D eigenvalue weighted by molar-refractivity contribution is 6.31. The molecule has 0 spiro atoms. The molecule has 2 amide bonds. The van der Waals surface area contributed by atoms with E-state index in [1.54, 1.807) is 30.5 Å². The lowest BCUT2D eigenvalue weighted by Gasteiger charge is -2.34. The molecule has 1 aliphatic heterocycles. The number of aryl methyl sites for hydroxylation is 1. The molecule has 2 aromatic rings. The van der Waals surface area contributed by atoms with Crippen molar-refractivity contribution in [1.29, 1.82) is 0 Å². The maximum absolute atomic E-state index is 12.8. The SMILES string of the molecule is Cc1ccc(NC(=O)c2cc(Cl)ccc2NC(=O)C2CCN(C(C)C)CC2)nc1. The number of nitrogens with one attached hydrogen (secondary N) is 2. The summed E-state index contributed by atoms with van der Waals surface area (Å²) in [4.78, 5) is 32.1. The number of carbonyl (C=O) groups is 2. The van der Waals surface area contributed by atoms with E-state index in [0.29, 0.717) is 28.1 Å². The van der Waals surface area contributed by atoms with E-state index in [1.807, 2.05) is 13.0 Å². The standard InChI is InChI=1S/C22H27ClN4O2/c1-14(2)27-10-8-16(9-11-27)21(28)25-19-6-5-17(23)12-18(19)22(29)26-20-7-4-15(3)13-24-20/h4-7,12-14,16H,8-11H2,1-3H3,(H,25,28)(H,24,26,29). The Morgan fingerprint density at radius 1 is 1.14 bits per heavy atom. The predicted octanol–water partition coefficient (Wildman–Crippen LogP) is 4.35. The first-order chi connectivity index (χ1) is 13.8. The van der Waals surface area contributed by atoms with Gasteiger partial charge in [-0.05, 0) is 76.5 Å². The van der Waals surface area contributed by atoms with E-state index in [2.05, 4.69) is 34.4 Å². The van der Waals surface area contributed by atoms with E-state index in [9.17, 15) is 9.59 Å². The van der Waals surface area contributed by atoms with Gasteiger partial charge in [0.15, 0.2) is 0 Å². The summed E-state index contributed by atoms with van der Waals surface area (Å²) in [5.74, 6) is -0.0405. The van der Waals surface area contributed by atoms with E-state index < -0.39 is 0 Å². The molecule has 154 valence electrons. The maximum atomic E-state index is 12.8. The van der Waals surface area contributed by atoms with Gasteiger partial charge < -0.3 is 15.5 Å². The molecule has 2 N–H and O–H groups in total. The minimum atomic E-state index is -0.367. The largest absolute Gasteiger partial charge is 0.325 e. The summed E-state index contributed by atoms with van der Waals surface area (Å²) in [5.41, 5.74) is 1.77. The molecule has 3 rings (SSSR count). The second kappa shape index (κ2) is 9.37. The van der Waals surface area contributed by atoms with Crippen LogP contribution in [0.15, 0.2) is 36.5 Å². The van der Waals surface area contributed by atoms with Crippen LogP contribution in [-0.2, 0) is 4.79 Å². The normalized spacial score (nSPS) is 15.3. The number of hydrogen-bond acceptors (Lipinski definition) is 4. The number of pyridine rings is 1. The second-order valence-corrected chi connectivity index (χ2v) is 8.19. The molecule has 0 unspecified atom stereocenters. The van der Waals surface area contributed by atoms with Gasteiger partial charge in [-0.2, -0.15) is 0 Å². The number of aromatic nitrogens is 1. The van der Waals surface area contributed by atoms with Gasteiger partial charge >= 0.3 is 0 Å². The summed E-state index contributed by atoms with van der Waals surface area (Å²) < 4.78 is 0. The van der Waals surface area contributed by atoms with Crippen molar-refractivity contribution in [3.63, 3.8) is 0 Å². The molecule has 6 nitrogen and oxygen atoms in total. The zero-order chi connectivity index (χ0) is 21.0. The van der Waals surface area contributed by atoms with Gasteiger partial charge in [-0.3, -0.25) is 9.59 Å². The van der Waals surface area contributed by atoms with Crippen molar-refractivity contribution < 1.29 is 9.59 Å². The molecular formula is C22H27ClN4O2. The number of benzene rings is 1. The van der Waals surface area contributed by atoms with E-state index in [1.165, 1.54) is 0 Å². The monoisotopic (exact) mass is 414 g/mol. The zero-order valence-corrected chi connectivity index (χ0v) is 17.8. The molecule has 29 heavy (non-hydrogen) atoms. The summed E-state index contributed by atoms with van der Waals surface area (Å²) >= 11 is 6.10. The summed E-state index contributed by atoms with van der Waals surface area (Å²) in [6, 6.07) is 8.98. The molecule has 1 aromatic heterocycles. The van der Waals surface area contributed by atoms with Crippen molar-refractivity contribution in [3.8, 4) is 0 Å². The zero-order valence-electron chi connectivity index (χ0n) is 17.0. The molecule has 0 radical (unpaired) electrons. The van der Waals surface area contributed by atoms with Crippen LogP contribution >= 0.6 is 11.6 Å². The van der Waals surface area contributed by atoms with Gasteiger partial charge in [0.05, 0.1) is 11.3 Å². The predicted molar refractivity (Wildman–Crippen MR) is 116 cm³/mol. The Labute approximate surface area is 176 Å². The third-order valence-electron chi connectivity index (χ3n) is 5.27. The quantitative estimate of drug-likeness (QED) is 0.762. The maximum Gasteiger partial charge on any atom is 0.258 e. The van der Waals surface area contributed by atoms with Crippen LogP contribution < -0.4 is 10.6 Å². The van der Waals surface area contributed by atoms with Crippen molar-refractivity contribution in [1.82, 2.24) is 9.88 Å². The van der Waals surface area contributed by atoms with Crippen LogP contribution in [0.25, 0.3) is 0 Å². The molecule has 1 fully saturated rings. The average Bonchev–Trinajstić information content (AvgIpc) is 2.71. The molecule has 0 atom stereocenters. The molecule has 1 aliphatic rings. The first-order valence-corrected chi connectivity index (χ1v) is 10.3. The van der Waals surface area contributed by atoms with Crippen LogP contribution in [-0.4, -0.2) is 40.8 Å². The van der Waals surface area contributed by atoms with E-state index >= 15 is 0 Å². The molecule has 7 heteroatoms. The number of likely N-dealkylation sites (tertiary alicyclic amines) is 1. The first-order valence-electron chi connectivity index (χ1n) is 9.92. The number of rotatable bonds is 5. The van der Waals surface area contributed by atoms with E-state index in [0.717, 1.165) is 31.5 Å². The number of nitrogens with zero attached hydrogens (tertiary/aromatic N) is 2. The van der Waals surface area contributed by atoms with Gasteiger partial charge in [0, 0.05) is 23.2 Å². The van der Waals surface area contributed by atoms with Crippen LogP contribution in [0.1, 0.15) is 42.6 Å². The number of piperidine rings is 1. The Morgan fingerprint density at radius 3 is 2.48 bits per heavy atom. The van der Waals surface area contributed by atoms with E-state index in [-0.39, 0.29) is 17.7 Å². The fourth-order valence-corrected chi connectivity index (χ4v) is 3.62. The van der Waals surface area contributed by atoms with Crippen LogP contribution in [0.3, 0.4) is 0 Å². The van der Waals surface area contributed by atoms with Crippen molar-refractivity contribution >= 4 is 34.9 Å². The van der Waals surface area contributed by atoms with Gasteiger partial charge in [-0.25, -0.2) is 4.98 Å². The molecule has 1 saturated heterocycles. The Hall–Kier alpha value is -2.44. The smallest absolute Gasteiger partial charge is 0.258 e. The lowest BCUT2D eigenvalue weighted by molar-refractivity contribution is -0.121. The van der Waals surface area contributed by atoms with Crippen molar-refractivity contribution in [2.75, 3.05) is 23.7 Å². The first kappa shape index (κ1) is 21.3. The van der Waals surface area contributed by atoms with Crippen LogP contribution in [0.5, 0.6) is 0 Å². The molecule has 0 saturated carbocycles. The fraction of sp³-hybridized carbons (Fsp3) is 0.409. The lowest BCUT2D eigenvalue weighted by Crippen LogP contribution is -2.41. The Bertz CT molecular complexity index is 875. The van der Waals surface area contributed by atoms with Crippen molar-refractivity contribution in [2.45, 2.75) is 39.7 Å².